The second-order valence-corrected chi connectivity index (χ2v) is 11.5. The minimum Gasteiger partial charge on any atom is -0.497 e. The lowest BCUT2D eigenvalue weighted by molar-refractivity contribution is -0.150. The zero-order valence-electron chi connectivity index (χ0n) is 26.2. The number of rotatable bonds is 13. The summed E-state index contributed by atoms with van der Waals surface area (Å²) in [6.45, 7) is 9.11. The fourth-order valence-corrected chi connectivity index (χ4v) is 5.35. The predicted molar refractivity (Wildman–Crippen MR) is 165 cm³/mol. The van der Waals surface area contributed by atoms with Crippen LogP contribution in [-0.4, -0.2) is 59.2 Å². The first-order valence-corrected chi connectivity index (χ1v) is 14.8. The van der Waals surface area contributed by atoms with Crippen LogP contribution in [0.15, 0.2) is 60.2 Å². The van der Waals surface area contributed by atoms with Crippen molar-refractivity contribution in [2.75, 3.05) is 47.6 Å². The van der Waals surface area contributed by atoms with Gasteiger partial charge in [0.2, 0.25) is 6.79 Å². The molecule has 0 bridgehead atoms. The molecule has 9 nitrogen and oxygen atoms in total. The van der Waals surface area contributed by atoms with Crippen molar-refractivity contribution < 1.29 is 42.7 Å². The first-order valence-electron chi connectivity index (χ1n) is 14.8. The third kappa shape index (κ3) is 6.79. The zero-order valence-corrected chi connectivity index (χ0v) is 26.2. The molecular weight excluding hydrogens is 564 g/mol. The van der Waals surface area contributed by atoms with E-state index in [1.54, 1.807) is 14.2 Å². The van der Waals surface area contributed by atoms with Crippen LogP contribution in [0.2, 0.25) is 0 Å². The van der Waals surface area contributed by atoms with Crippen molar-refractivity contribution >= 4 is 11.5 Å². The van der Waals surface area contributed by atoms with Crippen LogP contribution in [0.25, 0.3) is 5.57 Å². The number of carbonyl (C=O) groups is 1. The second-order valence-electron chi connectivity index (χ2n) is 11.5. The molecule has 0 saturated heterocycles. The van der Waals surface area contributed by atoms with Gasteiger partial charge in [-0.25, -0.2) is 4.79 Å². The van der Waals surface area contributed by atoms with Crippen LogP contribution in [0.1, 0.15) is 62.3 Å². The Labute approximate surface area is 258 Å². The molecular formula is C35H40O9. The van der Waals surface area contributed by atoms with Gasteiger partial charge in [0, 0.05) is 30.2 Å². The van der Waals surface area contributed by atoms with Crippen molar-refractivity contribution in [3.63, 3.8) is 0 Å². The molecule has 3 aromatic carbocycles. The monoisotopic (exact) mass is 604 g/mol. The Kier molecular flexibility index (Phi) is 9.66. The van der Waals surface area contributed by atoms with Gasteiger partial charge in [-0.05, 0) is 80.3 Å². The lowest BCUT2D eigenvalue weighted by atomic mass is 9.87. The minimum absolute atomic E-state index is 0.152. The maximum absolute atomic E-state index is 14.3. The van der Waals surface area contributed by atoms with Gasteiger partial charge < -0.3 is 37.9 Å². The van der Waals surface area contributed by atoms with Crippen LogP contribution < -0.4 is 23.7 Å². The molecule has 1 atom stereocenters. The summed E-state index contributed by atoms with van der Waals surface area (Å²) >= 11 is 0. The minimum atomic E-state index is -0.725. The quantitative estimate of drug-likeness (QED) is 0.123. The van der Waals surface area contributed by atoms with Gasteiger partial charge in [-0.3, -0.25) is 0 Å². The molecule has 5 rings (SSSR count). The van der Waals surface area contributed by atoms with Gasteiger partial charge in [0.25, 0.3) is 0 Å². The summed E-state index contributed by atoms with van der Waals surface area (Å²) < 4.78 is 45.7. The highest BCUT2D eigenvalue weighted by Crippen LogP contribution is 2.52. The van der Waals surface area contributed by atoms with Crippen LogP contribution >= 0.6 is 0 Å². The summed E-state index contributed by atoms with van der Waals surface area (Å²) in [4.78, 5) is 14.3. The van der Waals surface area contributed by atoms with Gasteiger partial charge in [-0.1, -0.05) is 19.1 Å². The van der Waals surface area contributed by atoms with Crippen molar-refractivity contribution in [2.45, 2.75) is 45.6 Å². The number of carbonyl (C=O) groups excluding carboxylic acids is 1. The van der Waals surface area contributed by atoms with Crippen molar-refractivity contribution in [1.29, 1.82) is 0 Å². The molecule has 0 saturated carbocycles. The normalized spacial score (nSPS) is 15.3. The third-order valence-electron chi connectivity index (χ3n) is 7.13. The molecule has 0 spiro atoms. The van der Waals surface area contributed by atoms with E-state index in [4.69, 9.17) is 37.9 Å². The van der Waals surface area contributed by atoms with Crippen LogP contribution in [0.4, 0.5) is 0 Å². The van der Waals surface area contributed by atoms with E-state index in [0.29, 0.717) is 53.1 Å². The molecule has 0 amide bonds. The first kappa shape index (κ1) is 31.2. The maximum Gasteiger partial charge on any atom is 0.336 e. The van der Waals surface area contributed by atoms with E-state index in [9.17, 15) is 4.79 Å². The third-order valence-corrected chi connectivity index (χ3v) is 7.13. The molecule has 3 aromatic rings. The molecule has 0 radical (unpaired) electrons. The van der Waals surface area contributed by atoms with Crippen molar-refractivity contribution in [3.05, 3.63) is 82.4 Å². The highest BCUT2D eigenvalue weighted by Gasteiger charge is 2.40. The fourth-order valence-electron chi connectivity index (χ4n) is 5.35. The van der Waals surface area contributed by atoms with Gasteiger partial charge in [0.05, 0.1) is 25.9 Å². The van der Waals surface area contributed by atoms with Gasteiger partial charge in [-0.15, -0.1) is 0 Å². The smallest absolute Gasteiger partial charge is 0.336 e. The number of ether oxygens (including phenoxy) is 8. The van der Waals surface area contributed by atoms with E-state index in [2.05, 4.69) is 6.92 Å². The highest BCUT2D eigenvalue weighted by atomic mass is 16.7. The van der Waals surface area contributed by atoms with E-state index >= 15 is 0 Å². The van der Waals surface area contributed by atoms with Gasteiger partial charge in [0.15, 0.2) is 11.5 Å². The van der Waals surface area contributed by atoms with E-state index in [1.165, 1.54) is 0 Å². The summed E-state index contributed by atoms with van der Waals surface area (Å²) in [5.41, 5.74) is 3.85. The lowest BCUT2D eigenvalue weighted by Gasteiger charge is -2.24. The summed E-state index contributed by atoms with van der Waals surface area (Å²) in [7, 11) is 3.17. The Morgan fingerprint density at radius 2 is 1.66 bits per heavy atom. The molecule has 0 aromatic heterocycles. The molecule has 1 heterocycles. The van der Waals surface area contributed by atoms with Gasteiger partial charge >= 0.3 is 5.97 Å². The van der Waals surface area contributed by atoms with E-state index < -0.39 is 17.5 Å². The van der Waals surface area contributed by atoms with Crippen LogP contribution in [0, 0.1) is 0 Å². The Morgan fingerprint density at radius 3 is 2.41 bits per heavy atom. The largest absolute Gasteiger partial charge is 0.497 e. The van der Waals surface area contributed by atoms with Crippen LogP contribution in [0.3, 0.4) is 0 Å². The van der Waals surface area contributed by atoms with Crippen molar-refractivity contribution in [3.8, 4) is 28.7 Å². The van der Waals surface area contributed by atoms with Crippen LogP contribution in [0.5, 0.6) is 28.7 Å². The van der Waals surface area contributed by atoms with Gasteiger partial charge in [-0.2, -0.15) is 0 Å². The summed E-state index contributed by atoms with van der Waals surface area (Å²) in [5, 5.41) is 0. The molecule has 9 heteroatoms. The molecule has 44 heavy (non-hydrogen) atoms. The Hall–Kier alpha value is -4.21. The first-order chi connectivity index (χ1) is 21.2. The fraction of sp³-hybridized carbons (Fsp3) is 0.400. The standard InChI is InChI=1S/C35H40O9/c1-7-14-40-24-10-11-25-27(18-24)32(26-12-9-23(38-6)19-29(26)41-16-15-39-20-37-5)33(34(36)44-35(2,3)4)31(25)22-8-13-28-30(17-22)43-21-42-28/h8-13,17-19,31H,7,14-16,20-21H2,1-6H3/t31-/m0/s1. The zero-order chi connectivity index (χ0) is 31.3. The highest BCUT2D eigenvalue weighted by molar-refractivity contribution is 6.08. The molecule has 1 aliphatic heterocycles. The topological polar surface area (TPSA) is 90.9 Å². The Morgan fingerprint density at radius 1 is 0.864 bits per heavy atom. The number of hydrogen-bond donors (Lipinski definition) is 0. The molecule has 0 fully saturated rings. The predicted octanol–water partition coefficient (Wildman–Crippen LogP) is 6.50. The van der Waals surface area contributed by atoms with E-state index in [1.807, 2.05) is 75.4 Å². The Balaban J connectivity index is 1.73. The number of fused-ring (bicyclic) bond motifs is 2. The van der Waals surface area contributed by atoms with Crippen molar-refractivity contribution in [1.82, 2.24) is 0 Å². The average Bonchev–Trinajstić information content (AvgIpc) is 3.61. The van der Waals surface area contributed by atoms with E-state index in [0.717, 1.165) is 28.7 Å². The maximum atomic E-state index is 14.3. The SMILES string of the molecule is CCCOc1ccc2c(c1)C(c1ccc(OC)cc1OCCOCOC)=C(C(=O)OC(C)(C)C)[C@H]2c1ccc2c(c1)OCO2. The number of benzene rings is 3. The molecule has 0 N–H and O–H groups in total. The van der Waals surface area contributed by atoms with Gasteiger partial charge in [0.1, 0.15) is 36.2 Å². The summed E-state index contributed by atoms with van der Waals surface area (Å²) in [6, 6.07) is 17.3. The number of hydrogen-bond acceptors (Lipinski definition) is 9. The average molecular weight is 605 g/mol. The van der Waals surface area contributed by atoms with Crippen LogP contribution in [-0.2, 0) is 19.0 Å². The molecule has 2 aliphatic rings. The summed E-state index contributed by atoms with van der Waals surface area (Å²) in [5.74, 6) is 2.29. The number of methoxy groups -OCH3 is 2. The Bertz CT molecular complexity index is 1520. The second kappa shape index (κ2) is 13.6. The molecule has 1 aliphatic carbocycles. The molecule has 234 valence electrons. The van der Waals surface area contributed by atoms with Crippen molar-refractivity contribution in [2.24, 2.45) is 0 Å². The number of esters is 1. The lowest BCUT2D eigenvalue weighted by Crippen LogP contribution is -2.26. The van der Waals surface area contributed by atoms with E-state index in [-0.39, 0.29) is 20.2 Å². The molecule has 0 unspecified atom stereocenters. The summed E-state index contributed by atoms with van der Waals surface area (Å²) in [6.07, 6.45) is 0.865.